The van der Waals surface area contributed by atoms with Crippen LogP contribution in [0.1, 0.15) is 29.8 Å². The summed E-state index contributed by atoms with van der Waals surface area (Å²) in [7, 11) is 0. The van der Waals surface area contributed by atoms with Crippen LogP contribution in [0.2, 0.25) is 5.02 Å². The van der Waals surface area contributed by atoms with Crippen LogP contribution in [0, 0.1) is 0 Å². The lowest BCUT2D eigenvalue weighted by Gasteiger charge is -2.17. The van der Waals surface area contributed by atoms with Gasteiger partial charge in [-0.1, -0.05) is 24.6 Å². The van der Waals surface area contributed by atoms with Crippen LogP contribution in [-0.2, 0) is 6.42 Å². The summed E-state index contributed by atoms with van der Waals surface area (Å²) in [6.45, 7) is 3.20. The van der Waals surface area contributed by atoms with E-state index in [0.29, 0.717) is 6.04 Å². The first-order chi connectivity index (χ1) is 8.81. The highest BCUT2D eigenvalue weighted by atomic mass is 35.5. The Bertz CT molecular complexity index is 470. The first-order valence-electron chi connectivity index (χ1n) is 6.16. The summed E-state index contributed by atoms with van der Waals surface area (Å²) in [4.78, 5) is 5.39. The molecule has 1 atom stereocenters. The lowest BCUT2D eigenvalue weighted by molar-refractivity contribution is 0.536. The Labute approximate surface area is 117 Å². The Morgan fingerprint density at radius 3 is 3.00 bits per heavy atom. The second-order valence-electron chi connectivity index (χ2n) is 4.19. The lowest BCUT2D eigenvalue weighted by Crippen LogP contribution is -2.23. The number of hydrogen-bond donors (Lipinski definition) is 1. The highest BCUT2D eigenvalue weighted by molar-refractivity contribution is 7.10. The summed E-state index contributed by atoms with van der Waals surface area (Å²) in [6.07, 6.45) is 5.54. The van der Waals surface area contributed by atoms with Crippen molar-refractivity contribution in [1.82, 2.24) is 10.3 Å². The van der Waals surface area contributed by atoms with Gasteiger partial charge in [-0.05, 0) is 42.5 Å². The van der Waals surface area contributed by atoms with Gasteiger partial charge in [-0.15, -0.1) is 11.3 Å². The van der Waals surface area contributed by atoms with Crippen molar-refractivity contribution in [3.05, 3.63) is 51.4 Å². The summed E-state index contributed by atoms with van der Waals surface area (Å²) >= 11 is 7.96. The minimum Gasteiger partial charge on any atom is -0.309 e. The molecule has 2 heterocycles. The predicted octanol–water partition coefficient (Wildman–Crippen LogP) is 4.08. The monoisotopic (exact) mass is 280 g/mol. The fourth-order valence-electron chi connectivity index (χ4n) is 1.87. The van der Waals surface area contributed by atoms with Gasteiger partial charge in [0, 0.05) is 23.3 Å². The van der Waals surface area contributed by atoms with E-state index in [1.165, 1.54) is 4.88 Å². The third-order valence-corrected chi connectivity index (χ3v) is 4.13. The molecule has 0 bridgehead atoms. The molecule has 0 aliphatic rings. The van der Waals surface area contributed by atoms with Gasteiger partial charge in [-0.25, -0.2) is 0 Å². The van der Waals surface area contributed by atoms with Crippen molar-refractivity contribution in [3.63, 3.8) is 0 Å². The Morgan fingerprint density at radius 2 is 2.33 bits per heavy atom. The Balaban J connectivity index is 2.13. The van der Waals surface area contributed by atoms with E-state index in [4.69, 9.17) is 11.6 Å². The second kappa shape index (κ2) is 6.88. The minimum absolute atomic E-state index is 0.338. The van der Waals surface area contributed by atoms with Crippen LogP contribution >= 0.6 is 22.9 Å². The van der Waals surface area contributed by atoms with Crippen LogP contribution in [-0.4, -0.2) is 11.5 Å². The maximum absolute atomic E-state index is 6.18. The van der Waals surface area contributed by atoms with Crippen LogP contribution in [0.4, 0.5) is 0 Å². The molecule has 18 heavy (non-hydrogen) atoms. The van der Waals surface area contributed by atoms with Gasteiger partial charge < -0.3 is 5.32 Å². The molecule has 2 aromatic rings. The number of thiophene rings is 1. The number of pyridine rings is 1. The molecule has 1 unspecified atom stereocenters. The van der Waals surface area contributed by atoms with Crippen molar-refractivity contribution in [3.8, 4) is 0 Å². The van der Waals surface area contributed by atoms with Crippen LogP contribution < -0.4 is 5.32 Å². The normalized spacial score (nSPS) is 12.6. The zero-order chi connectivity index (χ0) is 12.8. The van der Waals surface area contributed by atoms with Crippen LogP contribution in [0.3, 0.4) is 0 Å². The van der Waals surface area contributed by atoms with Gasteiger partial charge in [0.1, 0.15) is 0 Å². The third kappa shape index (κ3) is 3.55. The molecule has 0 fully saturated rings. The largest absolute Gasteiger partial charge is 0.309 e. The van der Waals surface area contributed by atoms with Gasteiger partial charge in [0.2, 0.25) is 0 Å². The molecule has 0 aliphatic heterocycles. The smallest absolute Gasteiger partial charge is 0.0622 e. The molecule has 0 saturated heterocycles. The summed E-state index contributed by atoms with van der Waals surface area (Å²) in [6, 6.07) is 6.60. The molecule has 0 radical (unpaired) electrons. The summed E-state index contributed by atoms with van der Waals surface area (Å²) < 4.78 is 0. The van der Waals surface area contributed by atoms with Crippen LogP contribution in [0.5, 0.6) is 0 Å². The Morgan fingerprint density at radius 1 is 1.44 bits per heavy atom. The number of rotatable bonds is 6. The van der Waals surface area contributed by atoms with Gasteiger partial charge in [0.25, 0.3) is 0 Å². The standard InChI is InChI=1S/C14H17ClN2S/c1-2-6-17-13(14-4-3-8-18-14)9-11-5-7-16-10-12(11)15/h3-5,7-8,10,13,17H,2,6,9H2,1H3. The fraction of sp³-hybridized carbons (Fsp3) is 0.357. The SMILES string of the molecule is CCCNC(Cc1ccncc1Cl)c1cccs1. The molecule has 2 nitrogen and oxygen atoms in total. The maximum Gasteiger partial charge on any atom is 0.0622 e. The van der Waals surface area contributed by atoms with E-state index in [0.717, 1.165) is 30.0 Å². The number of halogens is 1. The summed E-state index contributed by atoms with van der Waals surface area (Å²) in [5.74, 6) is 0. The predicted molar refractivity (Wildman–Crippen MR) is 78.3 cm³/mol. The highest BCUT2D eigenvalue weighted by Gasteiger charge is 2.14. The van der Waals surface area contributed by atoms with E-state index < -0.39 is 0 Å². The quantitative estimate of drug-likeness (QED) is 0.862. The molecule has 2 rings (SSSR count). The topological polar surface area (TPSA) is 24.9 Å². The van der Waals surface area contributed by atoms with E-state index in [9.17, 15) is 0 Å². The van der Waals surface area contributed by atoms with Crippen molar-refractivity contribution >= 4 is 22.9 Å². The summed E-state index contributed by atoms with van der Waals surface area (Å²) in [5, 5.41) is 6.44. The first kappa shape index (κ1) is 13.5. The van der Waals surface area contributed by atoms with E-state index in [1.54, 1.807) is 23.7 Å². The zero-order valence-electron chi connectivity index (χ0n) is 10.4. The molecule has 0 amide bonds. The molecule has 1 N–H and O–H groups in total. The Kier molecular flexibility index (Phi) is 5.17. The molecular weight excluding hydrogens is 264 g/mol. The molecule has 0 aliphatic carbocycles. The second-order valence-corrected chi connectivity index (χ2v) is 5.58. The maximum atomic E-state index is 6.18. The van der Waals surface area contributed by atoms with Crippen molar-refractivity contribution in [2.75, 3.05) is 6.54 Å². The Hall–Kier alpha value is -0.900. The first-order valence-corrected chi connectivity index (χ1v) is 7.42. The molecular formula is C14H17ClN2S. The third-order valence-electron chi connectivity index (χ3n) is 2.81. The highest BCUT2D eigenvalue weighted by Crippen LogP contribution is 2.25. The number of aromatic nitrogens is 1. The fourth-order valence-corrected chi connectivity index (χ4v) is 2.87. The van der Waals surface area contributed by atoms with E-state index >= 15 is 0 Å². The van der Waals surface area contributed by atoms with Gasteiger partial charge in [-0.3, -0.25) is 4.98 Å². The zero-order valence-corrected chi connectivity index (χ0v) is 12.0. The molecule has 0 saturated carbocycles. The van der Waals surface area contributed by atoms with E-state index in [2.05, 4.69) is 34.7 Å². The average molecular weight is 281 g/mol. The minimum atomic E-state index is 0.338. The van der Waals surface area contributed by atoms with E-state index in [1.807, 2.05) is 6.07 Å². The lowest BCUT2D eigenvalue weighted by atomic mass is 10.1. The van der Waals surface area contributed by atoms with Crippen molar-refractivity contribution in [2.24, 2.45) is 0 Å². The van der Waals surface area contributed by atoms with Gasteiger partial charge in [0.15, 0.2) is 0 Å². The number of nitrogens with zero attached hydrogens (tertiary/aromatic N) is 1. The molecule has 0 spiro atoms. The average Bonchev–Trinajstić information content (AvgIpc) is 2.90. The molecule has 2 aromatic heterocycles. The van der Waals surface area contributed by atoms with Crippen molar-refractivity contribution in [2.45, 2.75) is 25.8 Å². The van der Waals surface area contributed by atoms with Crippen molar-refractivity contribution < 1.29 is 0 Å². The number of hydrogen-bond acceptors (Lipinski definition) is 3. The molecule has 4 heteroatoms. The molecule has 0 aromatic carbocycles. The molecule has 96 valence electrons. The summed E-state index contributed by atoms with van der Waals surface area (Å²) in [5.41, 5.74) is 1.15. The van der Waals surface area contributed by atoms with Crippen LogP contribution in [0.15, 0.2) is 36.0 Å². The van der Waals surface area contributed by atoms with Crippen molar-refractivity contribution in [1.29, 1.82) is 0 Å². The van der Waals surface area contributed by atoms with Gasteiger partial charge in [-0.2, -0.15) is 0 Å². The number of nitrogens with one attached hydrogen (secondary N) is 1. The van der Waals surface area contributed by atoms with E-state index in [-0.39, 0.29) is 0 Å². The van der Waals surface area contributed by atoms with Gasteiger partial charge >= 0.3 is 0 Å². The van der Waals surface area contributed by atoms with Gasteiger partial charge in [0.05, 0.1) is 5.02 Å². The van der Waals surface area contributed by atoms with Crippen LogP contribution in [0.25, 0.3) is 0 Å².